The maximum Gasteiger partial charge on any atom is 0.0713 e. The van der Waals surface area contributed by atoms with Crippen LogP contribution >= 0.6 is 0 Å². The monoisotopic (exact) mass is 271 g/mol. The van der Waals surface area contributed by atoms with Crippen molar-refractivity contribution in [1.82, 2.24) is 5.32 Å². The lowest BCUT2D eigenvalue weighted by Crippen LogP contribution is -2.23. The highest BCUT2D eigenvalue weighted by Crippen LogP contribution is 2.13. The standard InChI is InChI=1S/C17H21NO2/c1-20-13-15-7-5-6-14(10-15)11-18-17(12-19)16-8-3-2-4-9-16/h2-10,17-19H,11-13H2,1H3/t17-/m1/s1. The normalized spacial score (nSPS) is 12.3. The minimum atomic E-state index is -0.0396. The van der Waals surface area contributed by atoms with Gasteiger partial charge in [-0.1, -0.05) is 54.6 Å². The smallest absolute Gasteiger partial charge is 0.0713 e. The molecule has 0 fully saturated rings. The zero-order chi connectivity index (χ0) is 14.2. The first-order valence-electron chi connectivity index (χ1n) is 6.79. The Morgan fingerprint density at radius 3 is 2.50 bits per heavy atom. The van der Waals surface area contributed by atoms with E-state index in [-0.39, 0.29) is 12.6 Å². The maximum atomic E-state index is 9.51. The van der Waals surface area contributed by atoms with Crippen molar-refractivity contribution < 1.29 is 9.84 Å². The summed E-state index contributed by atoms with van der Waals surface area (Å²) in [6.45, 7) is 1.43. The first-order chi connectivity index (χ1) is 9.83. The van der Waals surface area contributed by atoms with E-state index in [2.05, 4.69) is 17.4 Å². The molecule has 0 radical (unpaired) electrons. The molecule has 106 valence electrons. The number of nitrogens with one attached hydrogen (secondary N) is 1. The minimum Gasteiger partial charge on any atom is -0.394 e. The van der Waals surface area contributed by atoms with E-state index in [1.165, 1.54) is 5.56 Å². The van der Waals surface area contributed by atoms with Crippen LogP contribution in [0.15, 0.2) is 54.6 Å². The van der Waals surface area contributed by atoms with E-state index in [9.17, 15) is 5.11 Å². The second-order valence-electron chi connectivity index (χ2n) is 4.78. The number of aliphatic hydroxyl groups excluding tert-OH is 1. The fourth-order valence-corrected chi connectivity index (χ4v) is 2.21. The fourth-order valence-electron chi connectivity index (χ4n) is 2.21. The quantitative estimate of drug-likeness (QED) is 0.813. The molecule has 0 aliphatic rings. The van der Waals surface area contributed by atoms with Crippen LogP contribution in [0.2, 0.25) is 0 Å². The van der Waals surface area contributed by atoms with E-state index in [1.54, 1.807) is 7.11 Å². The van der Waals surface area contributed by atoms with Crippen molar-refractivity contribution in [3.8, 4) is 0 Å². The zero-order valence-electron chi connectivity index (χ0n) is 11.8. The summed E-state index contributed by atoms with van der Waals surface area (Å²) in [5.41, 5.74) is 3.45. The van der Waals surface area contributed by atoms with E-state index >= 15 is 0 Å². The minimum absolute atomic E-state index is 0.0396. The molecular weight excluding hydrogens is 250 g/mol. The van der Waals surface area contributed by atoms with Gasteiger partial charge < -0.3 is 15.2 Å². The predicted molar refractivity (Wildman–Crippen MR) is 80.3 cm³/mol. The molecular formula is C17H21NO2. The number of aliphatic hydroxyl groups is 1. The summed E-state index contributed by atoms with van der Waals surface area (Å²) in [7, 11) is 1.70. The van der Waals surface area contributed by atoms with Gasteiger partial charge in [-0.05, 0) is 16.7 Å². The highest BCUT2D eigenvalue weighted by molar-refractivity contribution is 5.24. The molecule has 20 heavy (non-hydrogen) atoms. The van der Waals surface area contributed by atoms with Gasteiger partial charge in [0.25, 0.3) is 0 Å². The largest absolute Gasteiger partial charge is 0.394 e. The summed E-state index contributed by atoms with van der Waals surface area (Å²) in [4.78, 5) is 0. The summed E-state index contributed by atoms with van der Waals surface area (Å²) >= 11 is 0. The SMILES string of the molecule is COCc1cccc(CN[C@H](CO)c2ccccc2)c1. The Balaban J connectivity index is 1.98. The third-order valence-corrected chi connectivity index (χ3v) is 3.24. The molecule has 0 aliphatic carbocycles. The van der Waals surface area contributed by atoms with Crippen molar-refractivity contribution in [2.24, 2.45) is 0 Å². The molecule has 3 nitrogen and oxygen atoms in total. The van der Waals surface area contributed by atoms with Gasteiger partial charge >= 0.3 is 0 Å². The van der Waals surface area contributed by atoms with Crippen molar-refractivity contribution in [3.05, 3.63) is 71.3 Å². The Hall–Kier alpha value is -1.68. The van der Waals surface area contributed by atoms with Gasteiger partial charge in [-0.2, -0.15) is 0 Å². The van der Waals surface area contributed by atoms with Gasteiger partial charge in [-0.3, -0.25) is 0 Å². The van der Waals surface area contributed by atoms with Gasteiger partial charge in [-0.15, -0.1) is 0 Å². The molecule has 2 N–H and O–H groups in total. The van der Waals surface area contributed by atoms with Crippen molar-refractivity contribution in [1.29, 1.82) is 0 Å². The van der Waals surface area contributed by atoms with Crippen molar-refractivity contribution in [2.75, 3.05) is 13.7 Å². The first kappa shape index (κ1) is 14.7. The fraction of sp³-hybridized carbons (Fsp3) is 0.294. The lowest BCUT2D eigenvalue weighted by Gasteiger charge is -2.17. The molecule has 0 unspecified atom stereocenters. The second-order valence-corrected chi connectivity index (χ2v) is 4.78. The lowest BCUT2D eigenvalue weighted by atomic mass is 10.1. The van der Waals surface area contributed by atoms with Crippen LogP contribution in [0.5, 0.6) is 0 Å². The van der Waals surface area contributed by atoms with E-state index in [0.717, 1.165) is 17.7 Å². The second kappa shape index (κ2) is 7.80. The Bertz CT molecular complexity index is 513. The molecule has 2 rings (SSSR count). The molecule has 0 bridgehead atoms. The summed E-state index contributed by atoms with van der Waals surface area (Å²) < 4.78 is 5.14. The number of rotatable bonds is 7. The molecule has 0 aliphatic heterocycles. The third-order valence-electron chi connectivity index (χ3n) is 3.24. The van der Waals surface area contributed by atoms with Crippen molar-refractivity contribution in [3.63, 3.8) is 0 Å². The molecule has 2 aromatic rings. The highest BCUT2D eigenvalue weighted by atomic mass is 16.5. The summed E-state index contributed by atoms with van der Waals surface area (Å²) in [5, 5.41) is 12.9. The van der Waals surface area contributed by atoms with Crippen LogP contribution in [0.25, 0.3) is 0 Å². The molecule has 3 heteroatoms. The Kier molecular flexibility index (Phi) is 5.74. The van der Waals surface area contributed by atoms with E-state index < -0.39 is 0 Å². The van der Waals surface area contributed by atoms with Gasteiger partial charge in [0.05, 0.1) is 19.3 Å². The molecule has 0 saturated heterocycles. The van der Waals surface area contributed by atoms with Crippen LogP contribution in [0.1, 0.15) is 22.7 Å². The van der Waals surface area contributed by atoms with E-state index in [1.807, 2.05) is 42.5 Å². The Labute approximate surface area is 120 Å². The van der Waals surface area contributed by atoms with Crippen LogP contribution in [0, 0.1) is 0 Å². The summed E-state index contributed by atoms with van der Waals surface area (Å²) in [5.74, 6) is 0. The van der Waals surface area contributed by atoms with E-state index in [0.29, 0.717) is 6.61 Å². The molecule has 0 heterocycles. The average molecular weight is 271 g/mol. The van der Waals surface area contributed by atoms with Gasteiger partial charge in [0.2, 0.25) is 0 Å². The summed E-state index contributed by atoms with van der Waals surface area (Å²) in [6.07, 6.45) is 0. The number of hydrogen-bond acceptors (Lipinski definition) is 3. The van der Waals surface area contributed by atoms with E-state index in [4.69, 9.17) is 4.74 Å². The van der Waals surface area contributed by atoms with Gasteiger partial charge in [-0.25, -0.2) is 0 Å². The molecule has 0 aromatic heterocycles. The first-order valence-corrected chi connectivity index (χ1v) is 6.79. The van der Waals surface area contributed by atoms with Gasteiger partial charge in [0, 0.05) is 13.7 Å². The van der Waals surface area contributed by atoms with Crippen LogP contribution < -0.4 is 5.32 Å². The average Bonchev–Trinajstić information content (AvgIpc) is 2.50. The molecule has 0 saturated carbocycles. The number of hydrogen-bond donors (Lipinski definition) is 2. The van der Waals surface area contributed by atoms with Gasteiger partial charge in [0.1, 0.15) is 0 Å². The van der Waals surface area contributed by atoms with Crippen LogP contribution in [-0.2, 0) is 17.9 Å². The molecule has 0 amide bonds. The number of ether oxygens (including phenoxy) is 1. The predicted octanol–water partition coefficient (Wildman–Crippen LogP) is 2.66. The number of benzene rings is 2. The Morgan fingerprint density at radius 1 is 1.05 bits per heavy atom. The maximum absolute atomic E-state index is 9.51. The topological polar surface area (TPSA) is 41.5 Å². The molecule has 2 aromatic carbocycles. The van der Waals surface area contributed by atoms with Crippen LogP contribution in [0.3, 0.4) is 0 Å². The molecule has 0 spiro atoms. The number of methoxy groups -OCH3 is 1. The zero-order valence-corrected chi connectivity index (χ0v) is 11.8. The van der Waals surface area contributed by atoms with Crippen LogP contribution in [-0.4, -0.2) is 18.8 Å². The van der Waals surface area contributed by atoms with Gasteiger partial charge in [0.15, 0.2) is 0 Å². The molecule has 1 atom stereocenters. The van der Waals surface area contributed by atoms with Crippen LogP contribution in [0.4, 0.5) is 0 Å². The lowest BCUT2D eigenvalue weighted by molar-refractivity contribution is 0.185. The van der Waals surface area contributed by atoms with Crippen molar-refractivity contribution >= 4 is 0 Å². The summed E-state index contributed by atoms with van der Waals surface area (Å²) in [6, 6.07) is 18.2. The third kappa shape index (κ3) is 4.17. The van der Waals surface area contributed by atoms with Crippen molar-refractivity contribution in [2.45, 2.75) is 19.2 Å². The highest BCUT2D eigenvalue weighted by Gasteiger charge is 2.08. The Morgan fingerprint density at radius 2 is 1.80 bits per heavy atom.